The minimum atomic E-state index is -0.0675. The Labute approximate surface area is 104 Å². The normalized spacial score (nSPS) is 11.8. The van der Waals surface area contributed by atoms with Crippen LogP contribution in [0.1, 0.15) is 25.3 Å². The number of phenolic OH excluding ortho intramolecular Hbond substituents is 2. The molecule has 0 heterocycles. The predicted octanol–water partition coefficient (Wildman–Crippen LogP) is 2.42. The van der Waals surface area contributed by atoms with Gasteiger partial charge < -0.3 is 16.6 Å². The van der Waals surface area contributed by atoms with E-state index in [1.54, 1.807) is 12.1 Å². The van der Waals surface area contributed by atoms with E-state index in [0.29, 0.717) is 5.92 Å². The second-order valence-corrected chi connectivity index (χ2v) is 2.87. The summed E-state index contributed by atoms with van der Waals surface area (Å²) >= 11 is 0. The third-order valence-electron chi connectivity index (χ3n) is 2.03. The van der Waals surface area contributed by atoms with Crippen molar-refractivity contribution in [3.05, 3.63) is 30.2 Å². The first-order valence-corrected chi connectivity index (χ1v) is 3.96. The molecule has 1 radical (unpaired) electrons. The SMILES string of the molecule is C[CH-]C(C)c1ccc(O)c(O)c1.[Y]. The van der Waals surface area contributed by atoms with Crippen molar-refractivity contribution >= 4 is 0 Å². The third kappa shape index (κ3) is 3.28. The molecular weight excluding hydrogens is 241 g/mol. The summed E-state index contributed by atoms with van der Waals surface area (Å²) in [6, 6.07) is 4.89. The Morgan fingerprint density at radius 2 is 1.85 bits per heavy atom. The maximum Gasteiger partial charge on any atom is 0.157 e. The summed E-state index contributed by atoms with van der Waals surface area (Å²) in [5.41, 5.74) is 1.01. The zero-order valence-electron chi connectivity index (χ0n) is 7.86. The van der Waals surface area contributed by atoms with Gasteiger partial charge in [0.05, 0.1) is 0 Å². The molecule has 0 aromatic heterocycles. The first-order chi connectivity index (χ1) is 5.65. The van der Waals surface area contributed by atoms with Crippen LogP contribution in [0, 0.1) is 6.42 Å². The van der Waals surface area contributed by atoms with Crippen LogP contribution >= 0.6 is 0 Å². The van der Waals surface area contributed by atoms with Crippen LogP contribution in [-0.4, -0.2) is 10.2 Å². The van der Waals surface area contributed by atoms with Gasteiger partial charge in [0, 0.05) is 32.7 Å². The molecule has 1 rings (SSSR count). The Balaban J connectivity index is 0.00000144. The summed E-state index contributed by atoms with van der Waals surface area (Å²) in [5, 5.41) is 18.2. The zero-order chi connectivity index (χ0) is 9.14. The largest absolute Gasteiger partial charge is 0.504 e. The Morgan fingerprint density at radius 1 is 1.23 bits per heavy atom. The van der Waals surface area contributed by atoms with Crippen LogP contribution in [0.25, 0.3) is 0 Å². The number of benzene rings is 1. The van der Waals surface area contributed by atoms with Crippen LogP contribution in [0.15, 0.2) is 18.2 Å². The monoisotopic (exact) mass is 254 g/mol. The number of hydrogen-bond acceptors (Lipinski definition) is 2. The summed E-state index contributed by atoms with van der Waals surface area (Å²) < 4.78 is 0. The van der Waals surface area contributed by atoms with Gasteiger partial charge in [-0.2, -0.15) is 6.92 Å². The number of rotatable bonds is 2. The summed E-state index contributed by atoms with van der Waals surface area (Å²) in [6.07, 6.45) is 2.03. The van der Waals surface area contributed by atoms with E-state index < -0.39 is 0 Å². The van der Waals surface area contributed by atoms with Crippen molar-refractivity contribution in [3.63, 3.8) is 0 Å². The van der Waals surface area contributed by atoms with E-state index in [4.69, 9.17) is 5.11 Å². The molecule has 0 aliphatic carbocycles. The summed E-state index contributed by atoms with van der Waals surface area (Å²) in [7, 11) is 0. The molecule has 2 N–H and O–H groups in total. The van der Waals surface area contributed by atoms with E-state index in [0.717, 1.165) is 5.56 Å². The second kappa shape index (κ2) is 5.61. The van der Waals surface area contributed by atoms with Crippen molar-refractivity contribution < 1.29 is 42.9 Å². The van der Waals surface area contributed by atoms with Gasteiger partial charge >= 0.3 is 0 Å². The smallest absolute Gasteiger partial charge is 0.157 e. The van der Waals surface area contributed by atoms with Crippen LogP contribution < -0.4 is 0 Å². The average Bonchev–Trinajstić information content (AvgIpc) is 2.08. The fraction of sp³-hybridized carbons (Fsp3) is 0.300. The Morgan fingerprint density at radius 3 is 2.31 bits per heavy atom. The van der Waals surface area contributed by atoms with E-state index in [9.17, 15) is 5.11 Å². The van der Waals surface area contributed by atoms with Crippen molar-refractivity contribution in [2.75, 3.05) is 0 Å². The molecule has 69 valence electrons. The van der Waals surface area contributed by atoms with Gasteiger partial charge in [-0.15, -0.1) is 5.92 Å². The zero-order valence-corrected chi connectivity index (χ0v) is 10.7. The van der Waals surface area contributed by atoms with Gasteiger partial charge in [-0.25, -0.2) is 0 Å². The van der Waals surface area contributed by atoms with Crippen molar-refractivity contribution in [1.29, 1.82) is 0 Å². The summed E-state index contributed by atoms with van der Waals surface area (Å²) in [6.45, 7) is 4.00. The molecule has 0 saturated carbocycles. The van der Waals surface area contributed by atoms with Gasteiger partial charge in [0.15, 0.2) is 11.5 Å². The Bertz CT molecular complexity index is 274. The topological polar surface area (TPSA) is 40.5 Å². The maximum absolute atomic E-state index is 9.18. The number of phenols is 2. The van der Waals surface area contributed by atoms with E-state index >= 15 is 0 Å². The molecule has 0 fully saturated rings. The fourth-order valence-electron chi connectivity index (χ4n) is 1.02. The predicted molar refractivity (Wildman–Crippen MR) is 48.2 cm³/mol. The molecule has 3 heteroatoms. The van der Waals surface area contributed by atoms with Crippen molar-refractivity contribution in [2.24, 2.45) is 0 Å². The Kier molecular flexibility index (Phi) is 5.58. The standard InChI is InChI=1S/C10H13O2.Y/c1-3-7(2)8-4-5-9(11)10(12)6-8;/h3-7,11-12H,1-2H3;/q-1;. The first-order valence-electron chi connectivity index (χ1n) is 3.96. The molecule has 2 nitrogen and oxygen atoms in total. The van der Waals surface area contributed by atoms with Crippen molar-refractivity contribution in [2.45, 2.75) is 19.8 Å². The molecule has 0 amide bonds. The van der Waals surface area contributed by atoms with Gasteiger partial charge in [-0.1, -0.05) is 18.6 Å². The minimum absolute atomic E-state index is 0. The van der Waals surface area contributed by atoms with E-state index in [-0.39, 0.29) is 44.2 Å². The van der Waals surface area contributed by atoms with Gasteiger partial charge in [0.25, 0.3) is 0 Å². The van der Waals surface area contributed by atoms with Gasteiger partial charge in [0.1, 0.15) is 0 Å². The summed E-state index contributed by atoms with van der Waals surface area (Å²) in [5.74, 6) is 0.180. The molecular formula is C10H13O2Y-. The van der Waals surface area contributed by atoms with Crippen LogP contribution in [0.2, 0.25) is 0 Å². The second-order valence-electron chi connectivity index (χ2n) is 2.87. The van der Waals surface area contributed by atoms with Crippen LogP contribution in [0.4, 0.5) is 0 Å². The van der Waals surface area contributed by atoms with E-state index in [1.165, 1.54) is 6.07 Å². The quantitative estimate of drug-likeness (QED) is 0.628. The first kappa shape index (κ1) is 12.9. The molecule has 1 aromatic carbocycles. The van der Waals surface area contributed by atoms with Crippen LogP contribution in [0.3, 0.4) is 0 Å². The molecule has 0 spiro atoms. The molecule has 0 saturated heterocycles. The van der Waals surface area contributed by atoms with Crippen LogP contribution in [-0.2, 0) is 32.7 Å². The molecule has 0 aliphatic heterocycles. The molecule has 0 bridgehead atoms. The van der Waals surface area contributed by atoms with E-state index in [1.807, 2.05) is 20.3 Å². The maximum atomic E-state index is 9.18. The molecule has 13 heavy (non-hydrogen) atoms. The summed E-state index contributed by atoms with van der Waals surface area (Å²) in [4.78, 5) is 0. The molecule has 1 aromatic rings. The van der Waals surface area contributed by atoms with Gasteiger partial charge in [-0.3, -0.25) is 0 Å². The molecule has 1 unspecified atom stereocenters. The Hall–Kier alpha value is -0.0761. The van der Waals surface area contributed by atoms with E-state index in [2.05, 4.69) is 0 Å². The average molecular weight is 254 g/mol. The molecule has 1 atom stereocenters. The van der Waals surface area contributed by atoms with Crippen LogP contribution in [0.5, 0.6) is 11.5 Å². The van der Waals surface area contributed by atoms with Gasteiger partial charge in [0.2, 0.25) is 0 Å². The van der Waals surface area contributed by atoms with Gasteiger partial charge in [-0.05, 0) is 12.1 Å². The van der Waals surface area contributed by atoms with Crippen molar-refractivity contribution in [1.82, 2.24) is 0 Å². The van der Waals surface area contributed by atoms with Crippen molar-refractivity contribution in [3.8, 4) is 11.5 Å². The molecule has 0 aliphatic rings. The minimum Gasteiger partial charge on any atom is -0.504 e. The number of hydrogen-bond donors (Lipinski definition) is 2. The third-order valence-corrected chi connectivity index (χ3v) is 2.03. The fourth-order valence-corrected chi connectivity index (χ4v) is 1.02. The number of aromatic hydroxyl groups is 2.